The molecule has 1 aromatic heterocycles. The maximum atomic E-state index is 5.61. The summed E-state index contributed by atoms with van der Waals surface area (Å²) in [7, 11) is 3.27. The summed E-state index contributed by atoms with van der Waals surface area (Å²) in [5.74, 6) is 2.16. The van der Waals surface area contributed by atoms with Crippen molar-refractivity contribution >= 4 is 5.82 Å². The Hall–Kier alpha value is -2.17. The summed E-state index contributed by atoms with van der Waals surface area (Å²) >= 11 is 0. The predicted octanol–water partition coefficient (Wildman–Crippen LogP) is 2.16. The van der Waals surface area contributed by atoms with Crippen LogP contribution in [0, 0.1) is 0 Å². The van der Waals surface area contributed by atoms with E-state index in [9.17, 15) is 0 Å². The van der Waals surface area contributed by atoms with Gasteiger partial charge in [0.2, 0.25) is 0 Å². The summed E-state index contributed by atoms with van der Waals surface area (Å²) in [6, 6.07) is 7.63. The van der Waals surface area contributed by atoms with Crippen LogP contribution in [-0.2, 0) is 0 Å². The van der Waals surface area contributed by atoms with Crippen LogP contribution in [0.15, 0.2) is 24.3 Å². The fourth-order valence-electron chi connectivity index (χ4n) is 1.83. The first kappa shape index (κ1) is 12.3. The van der Waals surface area contributed by atoms with Gasteiger partial charge in [-0.15, -0.1) is 0 Å². The quantitative estimate of drug-likeness (QED) is 0.868. The van der Waals surface area contributed by atoms with Gasteiger partial charge in [0.25, 0.3) is 0 Å². The Bertz CT molecular complexity index is 515. The number of anilines is 1. The zero-order valence-corrected chi connectivity index (χ0v) is 10.7. The Morgan fingerprint density at radius 3 is 2.17 bits per heavy atom. The number of nitrogens with zero attached hydrogens (tertiary/aromatic N) is 1. The van der Waals surface area contributed by atoms with Crippen LogP contribution >= 0.6 is 0 Å². The molecule has 0 aliphatic carbocycles. The minimum absolute atomic E-state index is 0.138. The van der Waals surface area contributed by atoms with Gasteiger partial charge >= 0.3 is 0 Å². The zero-order chi connectivity index (χ0) is 13.1. The lowest BCUT2D eigenvalue weighted by atomic mass is 9.97. The van der Waals surface area contributed by atoms with E-state index < -0.39 is 0 Å². The van der Waals surface area contributed by atoms with Crippen molar-refractivity contribution in [3.05, 3.63) is 35.5 Å². The molecule has 1 unspecified atom stereocenters. The third kappa shape index (κ3) is 2.40. The van der Waals surface area contributed by atoms with E-state index in [1.54, 1.807) is 14.2 Å². The van der Waals surface area contributed by atoms with Crippen molar-refractivity contribution in [1.82, 2.24) is 10.2 Å². The first-order valence-electron chi connectivity index (χ1n) is 5.67. The van der Waals surface area contributed by atoms with Gasteiger partial charge in [-0.05, 0) is 17.7 Å². The standard InChI is InChI=1S/C13H17N3O2/c1-8(12-7-13(14)16-15-12)9-4-10(17-2)6-11(5-9)18-3/h4-8H,1-3H3,(H3,14,15,16). The number of nitrogens with two attached hydrogens (primary N) is 1. The summed E-state index contributed by atoms with van der Waals surface area (Å²) in [6.45, 7) is 2.07. The van der Waals surface area contributed by atoms with E-state index in [1.165, 1.54) is 0 Å². The highest BCUT2D eigenvalue weighted by Gasteiger charge is 2.13. The van der Waals surface area contributed by atoms with E-state index >= 15 is 0 Å². The van der Waals surface area contributed by atoms with Crippen molar-refractivity contribution in [2.24, 2.45) is 0 Å². The molecule has 1 aromatic carbocycles. The summed E-state index contributed by atoms with van der Waals surface area (Å²) in [5.41, 5.74) is 7.65. The highest BCUT2D eigenvalue weighted by Crippen LogP contribution is 2.30. The van der Waals surface area contributed by atoms with Crippen molar-refractivity contribution in [2.45, 2.75) is 12.8 Å². The van der Waals surface area contributed by atoms with Gasteiger partial charge in [0, 0.05) is 23.7 Å². The number of rotatable bonds is 4. The molecule has 0 amide bonds. The van der Waals surface area contributed by atoms with E-state index in [2.05, 4.69) is 17.1 Å². The van der Waals surface area contributed by atoms with E-state index in [0.29, 0.717) is 5.82 Å². The molecule has 0 aliphatic rings. The molecule has 96 valence electrons. The van der Waals surface area contributed by atoms with E-state index in [-0.39, 0.29) is 5.92 Å². The van der Waals surface area contributed by atoms with Gasteiger partial charge in [-0.2, -0.15) is 5.10 Å². The molecular formula is C13H17N3O2. The van der Waals surface area contributed by atoms with E-state index in [4.69, 9.17) is 15.2 Å². The second-order valence-electron chi connectivity index (χ2n) is 4.12. The Balaban J connectivity index is 2.37. The molecule has 18 heavy (non-hydrogen) atoms. The van der Waals surface area contributed by atoms with E-state index in [0.717, 1.165) is 22.8 Å². The SMILES string of the molecule is COc1cc(OC)cc(C(C)c2cc(N)n[nH]2)c1. The topological polar surface area (TPSA) is 73.2 Å². The van der Waals surface area contributed by atoms with Gasteiger partial charge in [-0.3, -0.25) is 5.10 Å². The molecule has 0 saturated heterocycles. The molecule has 1 heterocycles. The molecule has 0 aliphatic heterocycles. The fraction of sp³-hybridized carbons (Fsp3) is 0.308. The van der Waals surface area contributed by atoms with Crippen molar-refractivity contribution in [3.8, 4) is 11.5 Å². The minimum Gasteiger partial charge on any atom is -0.497 e. The Labute approximate surface area is 106 Å². The van der Waals surface area contributed by atoms with Gasteiger partial charge in [-0.1, -0.05) is 6.92 Å². The van der Waals surface area contributed by atoms with E-state index in [1.807, 2.05) is 24.3 Å². The molecule has 1 atom stereocenters. The third-order valence-corrected chi connectivity index (χ3v) is 2.96. The largest absolute Gasteiger partial charge is 0.497 e. The number of hydrogen-bond acceptors (Lipinski definition) is 4. The first-order valence-corrected chi connectivity index (χ1v) is 5.67. The monoisotopic (exact) mass is 247 g/mol. The summed E-state index contributed by atoms with van der Waals surface area (Å²) in [5, 5.41) is 6.86. The Morgan fingerprint density at radius 1 is 1.11 bits per heavy atom. The molecule has 0 radical (unpaired) electrons. The van der Waals surface area contributed by atoms with Crippen molar-refractivity contribution in [1.29, 1.82) is 0 Å². The summed E-state index contributed by atoms with van der Waals surface area (Å²) < 4.78 is 10.5. The molecule has 5 nitrogen and oxygen atoms in total. The molecule has 2 rings (SSSR count). The summed E-state index contributed by atoms with van der Waals surface area (Å²) in [4.78, 5) is 0. The Kier molecular flexibility index (Phi) is 3.41. The van der Waals surface area contributed by atoms with Crippen LogP contribution in [0.1, 0.15) is 24.1 Å². The second-order valence-corrected chi connectivity index (χ2v) is 4.12. The van der Waals surface area contributed by atoms with Crippen LogP contribution in [0.4, 0.5) is 5.82 Å². The fourth-order valence-corrected chi connectivity index (χ4v) is 1.83. The van der Waals surface area contributed by atoms with Gasteiger partial charge < -0.3 is 15.2 Å². The molecule has 0 fully saturated rings. The van der Waals surface area contributed by atoms with Crippen LogP contribution in [-0.4, -0.2) is 24.4 Å². The maximum Gasteiger partial charge on any atom is 0.145 e. The number of benzene rings is 1. The first-order chi connectivity index (χ1) is 8.63. The second kappa shape index (κ2) is 5.00. The minimum atomic E-state index is 0.138. The molecule has 5 heteroatoms. The highest BCUT2D eigenvalue weighted by molar-refractivity contribution is 5.43. The van der Waals surface area contributed by atoms with Crippen LogP contribution in [0.3, 0.4) is 0 Å². The van der Waals surface area contributed by atoms with Crippen LogP contribution in [0.5, 0.6) is 11.5 Å². The lowest BCUT2D eigenvalue weighted by molar-refractivity contribution is 0.393. The van der Waals surface area contributed by atoms with Crippen molar-refractivity contribution in [2.75, 3.05) is 20.0 Å². The normalized spacial score (nSPS) is 12.2. The number of nitrogens with one attached hydrogen (secondary N) is 1. The number of aromatic nitrogens is 2. The number of methoxy groups -OCH3 is 2. The zero-order valence-electron chi connectivity index (χ0n) is 10.7. The van der Waals surface area contributed by atoms with Gasteiger partial charge in [0.1, 0.15) is 17.3 Å². The highest BCUT2D eigenvalue weighted by atomic mass is 16.5. The molecule has 0 saturated carbocycles. The van der Waals surface area contributed by atoms with Crippen LogP contribution < -0.4 is 15.2 Å². The maximum absolute atomic E-state index is 5.61. The van der Waals surface area contributed by atoms with Gasteiger partial charge in [0.15, 0.2) is 0 Å². The van der Waals surface area contributed by atoms with Crippen LogP contribution in [0.2, 0.25) is 0 Å². The third-order valence-electron chi connectivity index (χ3n) is 2.96. The average molecular weight is 247 g/mol. The number of aromatic amines is 1. The number of ether oxygens (including phenoxy) is 2. The lowest BCUT2D eigenvalue weighted by Gasteiger charge is -2.13. The molecular weight excluding hydrogens is 230 g/mol. The van der Waals surface area contributed by atoms with Crippen LogP contribution in [0.25, 0.3) is 0 Å². The molecule has 0 spiro atoms. The van der Waals surface area contributed by atoms with Gasteiger partial charge in [-0.25, -0.2) is 0 Å². The smallest absolute Gasteiger partial charge is 0.145 e. The summed E-state index contributed by atoms with van der Waals surface area (Å²) in [6.07, 6.45) is 0. The number of nitrogen functional groups attached to an aromatic ring is 1. The predicted molar refractivity (Wildman–Crippen MR) is 70.1 cm³/mol. The van der Waals surface area contributed by atoms with Crippen molar-refractivity contribution < 1.29 is 9.47 Å². The lowest BCUT2D eigenvalue weighted by Crippen LogP contribution is -1.98. The van der Waals surface area contributed by atoms with Crippen molar-refractivity contribution in [3.63, 3.8) is 0 Å². The molecule has 2 aromatic rings. The number of hydrogen-bond donors (Lipinski definition) is 2. The molecule has 0 bridgehead atoms. The molecule has 3 N–H and O–H groups in total. The average Bonchev–Trinajstić information content (AvgIpc) is 2.83. The number of H-pyrrole nitrogens is 1. The van der Waals surface area contributed by atoms with Gasteiger partial charge in [0.05, 0.1) is 14.2 Å². The Morgan fingerprint density at radius 2 is 1.72 bits per heavy atom.